The second-order valence-corrected chi connectivity index (χ2v) is 6.46. The quantitative estimate of drug-likeness (QED) is 0.689. The third-order valence-electron chi connectivity index (χ3n) is 1.34. The lowest BCUT2D eigenvalue weighted by Crippen LogP contribution is -2.40. The van der Waals surface area contributed by atoms with Crippen LogP contribution in [0.15, 0.2) is 0 Å². The van der Waals surface area contributed by atoms with Crippen molar-refractivity contribution in [3.8, 4) is 0 Å². The molecule has 0 atom stereocenters. The number of alkyl carbamates (subject to hydrolysis) is 1. The molecule has 1 N–H and O–H groups in total. The molecular formula is C8H15NO2S2. The highest BCUT2D eigenvalue weighted by atomic mass is 33.1. The molecule has 76 valence electrons. The zero-order valence-electron chi connectivity index (χ0n) is 8.12. The van der Waals surface area contributed by atoms with E-state index >= 15 is 0 Å². The average Bonchev–Trinajstić information content (AvgIpc) is 2.34. The van der Waals surface area contributed by atoms with Crippen LogP contribution in [0, 0.1) is 0 Å². The van der Waals surface area contributed by atoms with Gasteiger partial charge in [0.25, 0.3) is 0 Å². The van der Waals surface area contributed by atoms with E-state index in [-0.39, 0.29) is 12.1 Å². The molecule has 0 aromatic carbocycles. The number of nitrogens with one attached hydrogen (secondary N) is 1. The molecule has 0 radical (unpaired) electrons. The molecule has 1 rings (SSSR count). The normalized spacial score (nSPS) is 18.7. The SMILES string of the molecule is CC(C)(C)OC(=O)NC1CSSC1. The summed E-state index contributed by atoms with van der Waals surface area (Å²) in [5, 5.41) is 2.83. The molecule has 1 amide bonds. The average molecular weight is 221 g/mol. The maximum atomic E-state index is 11.3. The fourth-order valence-corrected chi connectivity index (χ4v) is 3.50. The summed E-state index contributed by atoms with van der Waals surface area (Å²) in [6, 6.07) is 0.268. The van der Waals surface area contributed by atoms with Gasteiger partial charge in [-0.1, -0.05) is 21.6 Å². The van der Waals surface area contributed by atoms with Crippen LogP contribution in [0.2, 0.25) is 0 Å². The summed E-state index contributed by atoms with van der Waals surface area (Å²) in [5.41, 5.74) is -0.400. The van der Waals surface area contributed by atoms with Gasteiger partial charge in [-0.3, -0.25) is 0 Å². The van der Waals surface area contributed by atoms with Gasteiger partial charge in [0, 0.05) is 11.5 Å². The van der Waals surface area contributed by atoms with Gasteiger partial charge in [-0.25, -0.2) is 4.79 Å². The zero-order chi connectivity index (χ0) is 9.90. The minimum Gasteiger partial charge on any atom is -0.444 e. The minimum absolute atomic E-state index is 0.268. The largest absolute Gasteiger partial charge is 0.444 e. The first-order valence-corrected chi connectivity index (χ1v) is 6.70. The highest BCUT2D eigenvalue weighted by Gasteiger charge is 2.22. The van der Waals surface area contributed by atoms with E-state index < -0.39 is 5.60 Å². The second kappa shape index (κ2) is 4.46. The molecule has 1 saturated heterocycles. The molecule has 1 aliphatic rings. The van der Waals surface area contributed by atoms with E-state index in [0.717, 1.165) is 11.5 Å². The van der Waals surface area contributed by atoms with E-state index in [0.29, 0.717) is 0 Å². The Labute approximate surface area is 86.8 Å². The monoisotopic (exact) mass is 221 g/mol. The molecule has 1 fully saturated rings. The third kappa shape index (κ3) is 4.67. The van der Waals surface area contributed by atoms with Crippen molar-refractivity contribution in [3.63, 3.8) is 0 Å². The van der Waals surface area contributed by atoms with Crippen LogP contribution in [-0.2, 0) is 4.74 Å². The maximum Gasteiger partial charge on any atom is 0.407 e. The van der Waals surface area contributed by atoms with Gasteiger partial charge in [0.2, 0.25) is 0 Å². The first-order valence-electron chi connectivity index (χ1n) is 4.21. The summed E-state index contributed by atoms with van der Waals surface area (Å²) in [6.07, 6.45) is -0.305. The van der Waals surface area contributed by atoms with E-state index in [1.807, 2.05) is 20.8 Å². The fraction of sp³-hybridized carbons (Fsp3) is 0.875. The topological polar surface area (TPSA) is 38.3 Å². The lowest BCUT2D eigenvalue weighted by Gasteiger charge is -2.21. The summed E-state index contributed by atoms with van der Waals surface area (Å²) in [7, 11) is 3.58. The fourth-order valence-electron chi connectivity index (χ4n) is 0.866. The van der Waals surface area contributed by atoms with Crippen LogP contribution in [0.4, 0.5) is 4.79 Å². The Morgan fingerprint density at radius 1 is 1.38 bits per heavy atom. The van der Waals surface area contributed by atoms with Crippen LogP contribution < -0.4 is 5.32 Å². The lowest BCUT2D eigenvalue weighted by molar-refractivity contribution is 0.0515. The molecule has 0 saturated carbocycles. The van der Waals surface area contributed by atoms with Gasteiger partial charge in [0.1, 0.15) is 5.60 Å². The van der Waals surface area contributed by atoms with Gasteiger partial charge in [-0.2, -0.15) is 0 Å². The number of carbonyl (C=O) groups excluding carboxylic acids is 1. The Balaban J connectivity index is 2.24. The number of ether oxygens (including phenoxy) is 1. The van der Waals surface area contributed by atoms with Gasteiger partial charge in [0.05, 0.1) is 6.04 Å². The molecule has 0 spiro atoms. The molecule has 0 unspecified atom stereocenters. The summed E-state index contributed by atoms with van der Waals surface area (Å²) < 4.78 is 5.13. The van der Waals surface area contributed by atoms with Crippen molar-refractivity contribution in [1.82, 2.24) is 5.32 Å². The van der Waals surface area contributed by atoms with Crippen LogP contribution >= 0.6 is 21.6 Å². The number of rotatable bonds is 1. The first kappa shape index (κ1) is 11.0. The van der Waals surface area contributed by atoms with Crippen LogP contribution in [0.3, 0.4) is 0 Å². The summed E-state index contributed by atoms with van der Waals surface area (Å²) in [6.45, 7) is 5.60. The zero-order valence-corrected chi connectivity index (χ0v) is 9.76. The lowest BCUT2D eigenvalue weighted by atomic mass is 10.2. The molecule has 1 aliphatic heterocycles. The molecular weight excluding hydrogens is 206 g/mol. The molecule has 0 bridgehead atoms. The van der Waals surface area contributed by atoms with Crippen molar-refractivity contribution in [2.45, 2.75) is 32.4 Å². The van der Waals surface area contributed by atoms with E-state index in [1.165, 1.54) is 0 Å². The molecule has 13 heavy (non-hydrogen) atoms. The third-order valence-corrected chi connectivity index (χ3v) is 3.90. The minimum atomic E-state index is -0.400. The molecule has 5 heteroatoms. The van der Waals surface area contributed by atoms with Crippen molar-refractivity contribution in [3.05, 3.63) is 0 Å². The van der Waals surface area contributed by atoms with Gasteiger partial charge in [-0.05, 0) is 20.8 Å². The van der Waals surface area contributed by atoms with E-state index in [1.54, 1.807) is 21.6 Å². The van der Waals surface area contributed by atoms with Crippen LogP contribution in [0.1, 0.15) is 20.8 Å². The summed E-state index contributed by atoms with van der Waals surface area (Å²) in [4.78, 5) is 11.3. The molecule has 0 aromatic rings. The summed E-state index contributed by atoms with van der Waals surface area (Å²) in [5.74, 6) is 1.95. The predicted molar refractivity (Wildman–Crippen MR) is 58.1 cm³/mol. The molecule has 3 nitrogen and oxygen atoms in total. The van der Waals surface area contributed by atoms with E-state index in [9.17, 15) is 4.79 Å². The van der Waals surface area contributed by atoms with Gasteiger partial charge < -0.3 is 10.1 Å². The first-order chi connectivity index (χ1) is 5.97. The Hall–Kier alpha value is -0.0300. The maximum absolute atomic E-state index is 11.3. The van der Waals surface area contributed by atoms with Crippen LogP contribution in [-0.4, -0.2) is 29.2 Å². The molecule has 0 aliphatic carbocycles. The Morgan fingerprint density at radius 3 is 2.38 bits per heavy atom. The highest BCUT2D eigenvalue weighted by molar-refractivity contribution is 8.77. The van der Waals surface area contributed by atoms with Crippen LogP contribution in [0.5, 0.6) is 0 Å². The standard InChI is InChI=1S/C8H15NO2S2/c1-8(2,3)11-7(10)9-6-4-12-13-5-6/h6H,4-5H2,1-3H3,(H,9,10). The second-order valence-electron chi connectivity index (χ2n) is 3.91. The van der Waals surface area contributed by atoms with Crippen molar-refractivity contribution < 1.29 is 9.53 Å². The molecule has 0 aromatic heterocycles. The summed E-state index contributed by atoms with van der Waals surface area (Å²) >= 11 is 0. The number of amides is 1. The predicted octanol–water partition coefficient (Wildman–Crippen LogP) is 2.27. The number of hydrogen-bond acceptors (Lipinski definition) is 4. The van der Waals surface area contributed by atoms with Gasteiger partial charge in [-0.15, -0.1) is 0 Å². The Kier molecular flexibility index (Phi) is 3.79. The Morgan fingerprint density at radius 2 is 1.92 bits per heavy atom. The molecule has 1 heterocycles. The van der Waals surface area contributed by atoms with E-state index in [2.05, 4.69) is 5.32 Å². The highest BCUT2D eigenvalue weighted by Crippen LogP contribution is 2.30. The van der Waals surface area contributed by atoms with Gasteiger partial charge >= 0.3 is 6.09 Å². The van der Waals surface area contributed by atoms with Crippen molar-refractivity contribution in [1.29, 1.82) is 0 Å². The smallest absolute Gasteiger partial charge is 0.407 e. The number of carbonyl (C=O) groups is 1. The van der Waals surface area contributed by atoms with E-state index in [4.69, 9.17) is 4.74 Å². The number of hydrogen-bond donors (Lipinski definition) is 1. The van der Waals surface area contributed by atoms with Crippen molar-refractivity contribution in [2.75, 3.05) is 11.5 Å². The van der Waals surface area contributed by atoms with Gasteiger partial charge in [0.15, 0.2) is 0 Å². The van der Waals surface area contributed by atoms with Crippen LogP contribution in [0.25, 0.3) is 0 Å². The van der Waals surface area contributed by atoms with Crippen molar-refractivity contribution >= 4 is 27.7 Å². The van der Waals surface area contributed by atoms with Crippen molar-refractivity contribution in [2.24, 2.45) is 0 Å². The Bertz CT molecular complexity index is 185.